The van der Waals surface area contributed by atoms with E-state index >= 15 is 0 Å². The van der Waals surface area contributed by atoms with Gasteiger partial charge in [0.25, 0.3) is 5.56 Å². The van der Waals surface area contributed by atoms with E-state index in [1.54, 1.807) is 19.1 Å². The predicted molar refractivity (Wildman–Crippen MR) is 132 cm³/mol. The van der Waals surface area contributed by atoms with Crippen LogP contribution in [-0.4, -0.2) is 59.6 Å². The van der Waals surface area contributed by atoms with Crippen molar-refractivity contribution >= 4 is 37.4 Å². The number of carbonyl (C=O) groups excluding carboxylic acids is 1. The van der Waals surface area contributed by atoms with Crippen LogP contribution in [0, 0.1) is 12.7 Å². The molecule has 0 radical (unpaired) electrons. The lowest BCUT2D eigenvalue weighted by Crippen LogP contribution is -2.40. The molecule has 0 N–H and O–H groups in total. The molecule has 9 nitrogen and oxygen atoms in total. The number of carbonyl (C=O) groups is 1. The van der Waals surface area contributed by atoms with Crippen LogP contribution in [0.25, 0.3) is 21.5 Å². The minimum atomic E-state index is -3.79. The summed E-state index contributed by atoms with van der Waals surface area (Å²) in [5.41, 5.74) is 0.751. The third kappa shape index (κ3) is 4.60. The molecule has 0 aliphatic carbocycles. The molecule has 0 spiro atoms. The van der Waals surface area contributed by atoms with Crippen LogP contribution in [0.15, 0.2) is 58.2 Å². The Morgan fingerprint density at radius 1 is 1.14 bits per heavy atom. The monoisotopic (exact) mass is 528 g/mol. The normalized spacial score (nSPS) is 14.8. The van der Waals surface area contributed by atoms with Gasteiger partial charge in [-0.25, -0.2) is 22.5 Å². The van der Waals surface area contributed by atoms with Crippen molar-refractivity contribution in [2.45, 2.75) is 18.4 Å². The van der Waals surface area contributed by atoms with Crippen LogP contribution in [0.5, 0.6) is 0 Å². The molecule has 2 aromatic heterocycles. The number of ether oxygens (including phenoxy) is 1. The molecule has 36 heavy (non-hydrogen) atoms. The number of sulfonamides is 1. The number of aromatic nitrogens is 3. The lowest BCUT2D eigenvalue weighted by Gasteiger charge is -2.26. The van der Waals surface area contributed by atoms with Gasteiger partial charge in [-0.05, 0) is 43.3 Å². The fourth-order valence-corrected chi connectivity index (χ4v) is 6.34. The van der Waals surface area contributed by atoms with Gasteiger partial charge >= 0.3 is 0 Å². The first kappa shape index (κ1) is 24.4. The first-order valence-corrected chi connectivity index (χ1v) is 13.3. The molecule has 1 aliphatic rings. The summed E-state index contributed by atoms with van der Waals surface area (Å²) in [4.78, 5) is 30.6. The molecule has 5 rings (SSSR count). The molecule has 1 fully saturated rings. The fraction of sp³-hybridized carbons (Fsp3) is 0.250. The number of thiazole rings is 1. The predicted octanol–water partition coefficient (Wildman–Crippen LogP) is 2.87. The molecular weight excluding hydrogens is 507 g/mol. The number of ketones is 1. The summed E-state index contributed by atoms with van der Waals surface area (Å²) >= 11 is 1.29. The van der Waals surface area contributed by atoms with Crippen LogP contribution < -0.4 is 5.56 Å². The standard InChI is InChI=1S/C24H21FN4O5S2/c1-15-26-22-23(35-15)21(16-5-7-18(25)8-6-16)27-29(24(22)31)14-20(30)17-3-2-4-19(13-17)36(32,33)28-9-11-34-12-10-28/h2-8,13H,9-12,14H2,1H3. The van der Waals surface area contributed by atoms with E-state index in [9.17, 15) is 22.4 Å². The molecule has 0 bridgehead atoms. The van der Waals surface area contributed by atoms with Crippen molar-refractivity contribution in [3.8, 4) is 11.3 Å². The van der Waals surface area contributed by atoms with Gasteiger partial charge in [-0.1, -0.05) is 12.1 Å². The molecule has 186 valence electrons. The van der Waals surface area contributed by atoms with E-state index in [0.717, 1.165) is 4.68 Å². The number of hydrogen-bond donors (Lipinski definition) is 0. The van der Waals surface area contributed by atoms with Gasteiger partial charge in [0.15, 0.2) is 11.3 Å². The van der Waals surface area contributed by atoms with Crippen LogP contribution in [0.4, 0.5) is 4.39 Å². The van der Waals surface area contributed by atoms with Crippen molar-refractivity contribution in [3.63, 3.8) is 0 Å². The molecule has 0 atom stereocenters. The quantitative estimate of drug-likeness (QED) is 0.354. The lowest BCUT2D eigenvalue weighted by atomic mass is 10.1. The Balaban J connectivity index is 1.51. The van der Waals surface area contributed by atoms with Crippen LogP contribution in [0.1, 0.15) is 15.4 Å². The molecule has 0 saturated carbocycles. The van der Waals surface area contributed by atoms with Crippen LogP contribution >= 0.6 is 11.3 Å². The first-order valence-electron chi connectivity index (χ1n) is 11.1. The van der Waals surface area contributed by atoms with Gasteiger partial charge < -0.3 is 4.74 Å². The maximum atomic E-state index is 13.5. The number of halogens is 1. The first-order chi connectivity index (χ1) is 17.2. The second-order valence-corrected chi connectivity index (χ2v) is 11.3. The molecule has 4 aromatic rings. The summed E-state index contributed by atoms with van der Waals surface area (Å²) in [5.74, 6) is -0.897. The zero-order valence-electron chi connectivity index (χ0n) is 19.2. The number of Topliss-reactive ketones (excluding diaryl/α,β-unsaturated/α-hetero) is 1. The van der Waals surface area contributed by atoms with Crippen molar-refractivity contribution in [1.82, 2.24) is 19.1 Å². The summed E-state index contributed by atoms with van der Waals surface area (Å²) in [6.45, 7) is 2.43. The molecule has 1 saturated heterocycles. The van der Waals surface area contributed by atoms with Crippen molar-refractivity contribution in [2.75, 3.05) is 26.3 Å². The summed E-state index contributed by atoms with van der Waals surface area (Å²) in [7, 11) is -3.79. The van der Waals surface area contributed by atoms with Gasteiger partial charge in [0.2, 0.25) is 10.0 Å². The van der Waals surface area contributed by atoms with Gasteiger partial charge in [0.05, 0.1) is 27.8 Å². The summed E-state index contributed by atoms with van der Waals surface area (Å²) in [5, 5.41) is 5.07. The molecule has 12 heteroatoms. The van der Waals surface area contributed by atoms with Gasteiger partial charge in [0.1, 0.15) is 18.1 Å². The van der Waals surface area contributed by atoms with E-state index in [-0.39, 0.29) is 29.1 Å². The van der Waals surface area contributed by atoms with E-state index in [2.05, 4.69) is 10.1 Å². The number of morpholine rings is 1. The number of fused-ring (bicyclic) bond motifs is 1. The van der Waals surface area contributed by atoms with Gasteiger partial charge in [-0.2, -0.15) is 9.40 Å². The number of aryl methyl sites for hydroxylation is 1. The molecular formula is C24H21FN4O5S2. The molecule has 2 aromatic carbocycles. The zero-order valence-corrected chi connectivity index (χ0v) is 20.8. The summed E-state index contributed by atoms with van der Waals surface area (Å²) in [6.07, 6.45) is 0. The maximum Gasteiger partial charge on any atom is 0.294 e. The number of rotatable bonds is 6. The smallest absolute Gasteiger partial charge is 0.294 e. The molecule has 0 unspecified atom stereocenters. The van der Waals surface area contributed by atoms with Crippen LogP contribution in [0.3, 0.4) is 0 Å². The number of nitrogens with zero attached hydrogens (tertiary/aromatic N) is 4. The average Bonchev–Trinajstić information content (AvgIpc) is 3.29. The Labute approximate surface area is 209 Å². The number of benzene rings is 2. The highest BCUT2D eigenvalue weighted by molar-refractivity contribution is 7.89. The van der Waals surface area contributed by atoms with Crippen molar-refractivity contribution < 1.29 is 22.3 Å². The topological polar surface area (TPSA) is 111 Å². The largest absolute Gasteiger partial charge is 0.379 e. The van der Waals surface area contributed by atoms with Gasteiger partial charge in [-0.3, -0.25) is 9.59 Å². The molecule has 1 aliphatic heterocycles. The minimum absolute atomic E-state index is 0.00636. The van der Waals surface area contributed by atoms with Crippen LogP contribution in [-0.2, 0) is 21.3 Å². The maximum absolute atomic E-state index is 13.5. The van der Waals surface area contributed by atoms with Crippen molar-refractivity contribution in [2.24, 2.45) is 0 Å². The highest BCUT2D eigenvalue weighted by atomic mass is 32.2. The van der Waals surface area contributed by atoms with E-state index < -0.39 is 33.7 Å². The van der Waals surface area contributed by atoms with Crippen molar-refractivity contribution in [3.05, 3.63) is 75.3 Å². The Morgan fingerprint density at radius 2 is 1.86 bits per heavy atom. The van der Waals surface area contributed by atoms with E-state index in [0.29, 0.717) is 34.2 Å². The Kier molecular flexibility index (Phi) is 6.51. The summed E-state index contributed by atoms with van der Waals surface area (Å²) < 4.78 is 47.6. The number of hydrogen-bond acceptors (Lipinski definition) is 8. The van der Waals surface area contributed by atoms with Gasteiger partial charge in [0, 0.05) is 24.2 Å². The minimum Gasteiger partial charge on any atom is -0.379 e. The summed E-state index contributed by atoms with van der Waals surface area (Å²) in [6, 6.07) is 11.4. The van der Waals surface area contributed by atoms with E-state index in [4.69, 9.17) is 4.74 Å². The fourth-order valence-electron chi connectivity index (χ4n) is 3.96. The second-order valence-electron chi connectivity index (χ2n) is 8.20. The third-order valence-corrected chi connectivity index (χ3v) is 8.65. The Morgan fingerprint density at radius 3 is 2.58 bits per heavy atom. The van der Waals surface area contributed by atoms with E-state index in [1.807, 2.05) is 0 Å². The average molecular weight is 529 g/mol. The SMILES string of the molecule is Cc1nc2c(=O)n(CC(=O)c3cccc(S(=O)(=O)N4CCOCC4)c3)nc(-c3ccc(F)cc3)c2s1. The Bertz CT molecular complexity index is 1620. The van der Waals surface area contributed by atoms with E-state index in [1.165, 1.54) is 52.0 Å². The highest BCUT2D eigenvalue weighted by Crippen LogP contribution is 2.29. The zero-order chi connectivity index (χ0) is 25.4. The molecule has 0 amide bonds. The second kappa shape index (κ2) is 9.62. The lowest BCUT2D eigenvalue weighted by molar-refractivity contribution is 0.0730. The van der Waals surface area contributed by atoms with Gasteiger partial charge in [-0.15, -0.1) is 11.3 Å². The highest BCUT2D eigenvalue weighted by Gasteiger charge is 2.27. The Hall–Kier alpha value is -3.32. The molecule has 3 heterocycles. The van der Waals surface area contributed by atoms with Crippen LogP contribution in [0.2, 0.25) is 0 Å². The van der Waals surface area contributed by atoms with Crippen molar-refractivity contribution in [1.29, 1.82) is 0 Å². The third-order valence-electron chi connectivity index (χ3n) is 5.78.